The molecule has 0 rings (SSSR count). The van der Waals surface area contributed by atoms with Crippen molar-refractivity contribution in [1.82, 2.24) is 38.2 Å². The molecule has 0 spiro atoms. The van der Waals surface area contributed by atoms with Crippen LogP contribution in [0.4, 0.5) is 0 Å². The summed E-state index contributed by atoms with van der Waals surface area (Å²) in [6.45, 7) is 2.90. The molecule has 0 heterocycles. The van der Waals surface area contributed by atoms with Crippen molar-refractivity contribution in [3.8, 4) is 0 Å². The Morgan fingerprint density at radius 3 is 2.36 bits per heavy atom. The van der Waals surface area contributed by atoms with Crippen LogP contribution >= 0.6 is 0 Å². The van der Waals surface area contributed by atoms with Gasteiger partial charge in [0.2, 0.25) is 0 Å². The van der Waals surface area contributed by atoms with Gasteiger partial charge in [-0.25, -0.2) is 5.01 Å². The second-order valence-electron chi connectivity index (χ2n) is 1.77. The minimum absolute atomic E-state index is 0.886. The molecule has 0 radical (unpaired) electrons. The van der Waals surface area contributed by atoms with Gasteiger partial charge in [-0.3, -0.25) is 5.84 Å². The molecule has 8 N–H and O–H groups in total. The minimum atomic E-state index is 0.886. The Kier molecular flexibility index (Phi) is 7.56. The van der Waals surface area contributed by atoms with Gasteiger partial charge in [0.25, 0.3) is 0 Å². The lowest BCUT2D eigenvalue weighted by molar-refractivity contribution is 0.156. The predicted molar refractivity (Wildman–Crippen MR) is 41.3 cm³/mol. The lowest BCUT2D eigenvalue weighted by atomic mass is 10.7. The molecular formula is C3H16N8. The molecule has 0 fully saturated rings. The lowest BCUT2D eigenvalue weighted by Gasteiger charge is -2.16. The first-order chi connectivity index (χ1) is 5.31. The van der Waals surface area contributed by atoms with Crippen molar-refractivity contribution in [1.29, 1.82) is 0 Å². The maximum absolute atomic E-state index is 4.87. The van der Waals surface area contributed by atoms with Gasteiger partial charge in [0.1, 0.15) is 0 Å². The lowest BCUT2D eigenvalue weighted by Crippen LogP contribution is -2.62. The summed E-state index contributed by atoms with van der Waals surface area (Å²) in [4.78, 5) is 0. The van der Waals surface area contributed by atoms with Gasteiger partial charge in [0.05, 0.1) is 0 Å². The number of hydrogen-bond acceptors (Lipinski definition) is 8. The van der Waals surface area contributed by atoms with Crippen LogP contribution in [0.15, 0.2) is 0 Å². The van der Waals surface area contributed by atoms with Crippen LogP contribution in [-0.2, 0) is 0 Å². The van der Waals surface area contributed by atoms with Crippen molar-refractivity contribution < 1.29 is 0 Å². The zero-order chi connectivity index (χ0) is 8.53. The Bertz CT molecular complexity index is 75.7. The second kappa shape index (κ2) is 7.78. The first-order valence-corrected chi connectivity index (χ1v) is 3.23. The summed E-state index contributed by atoms with van der Waals surface area (Å²) >= 11 is 0. The molecular weight excluding hydrogens is 148 g/mol. The Morgan fingerprint density at radius 1 is 1.18 bits per heavy atom. The average Bonchev–Trinajstić information content (AvgIpc) is 2.04. The van der Waals surface area contributed by atoms with Gasteiger partial charge in [0, 0.05) is 13.6 Å². The van der Waals surface area contributed by atoms with Crippen molar-refractivity contribution in [3.05, 3.63) is 0 Å². The van der Waals surface area contributed by atoms with Crippen molar-refractivity contribution in [2.75, 3.05) is 13.6 Å². The zero-order valence-electron chi connectivity index (χ0n) is 6.73. The number of hydrazine groups is 7. The first kappa shape index (κ1) is 10.7. The van der Waals surface area contributed by atoms with E-state index in [1.807, 2.05) is 19.0 Å². The van der Waals surface area contributed by atoms with Gasteiger partial charge in [-0.15, -0.1) is 0 Å². The maximum atomic E-state index is 4.87. The second-order valence-corrected chi connectivity index (χ2v) is 1.77. The normalized spacial score (nSPS) is 10.9. The van der Waals surface area contributed by atoms with Crippen molar-refractivity contribution in [2.24, 2.45) is 5.84 Å². The van der Waals surface area contributed by atoms with Gasteiger partial charge in [-0.2, -0.15) is 33.2 Å². The fraction of sp³-hybridized carbons (Fsp3) is 1.00. The highest BCUT2D eigenvalue weighted by Crippen LogP contribution is 1.64. The molecule has 0 saturated carbocycles. The average molecular weight is 164 g/mol. The molecule has 0 amide bonds. The SMILES string of the molecule is CCN(C)NNNNNNN. The van der Waals surface area contributed by atoms with Crippen LogP contribution in [0, 0.1) is 0 Å². The number of nitrogens with two attached hydrogens (primary N) is 1. The van der Waals surface area contributed by atoms with E-state index in [1.54, 1.807) is 0 Å². The van der Waals surface area contributed by atoms with E-state index in [4.69, 9.17) is 5.84 Å². The van der Waals surface area contributed by atoms with Crippen LogP contribution < -0.4 is 39.1 Å². The molecule has 8 nitrogen and oxygen atoms in total. The van der Waals surface area contributed by atoms with Crippen LogP contribution in [0.2, 0.25) is 0 Å². The molecule has 0 unspecified atom stereocenters. The molecule has 0 saturated heterocycles. The quantitative estimate of drug-likeness (QED) is 0.120. The molecule has 0 aromatic carbocycles. The number of nitrogens with zero attached hydrogens (tertiary/aromatic N) is 1. The fourth-order valence-electron chi connectivity index (χ4n) is 0.301. The summed E-state index contributed by atoms with van der Waals surface area (Å²) in [5.74, 6) is 4.87. The molecule has 0 bridgehead atoms. The molecule has 11 heavy (non-hydrogen) atoms. The Morgan fingerprint density at radius 2 is 1.82 bits per heavy atom. The maximum Gasteiger partial charge on any atom is 0.0113 e. The van der Waals surface area contributed by atoms with Crippen LogP contribution in [0.1, 0.15) is 6.92 Å². The van der Waals surface area contributed by atoms with Gasteiger partial charge in [-0.1, -0.05) is 6.92 Å². The number of hydrogen-bond donors (Lipinski definition) is 7. The van der Waals surface area contributed by atoms with Crippen molar-refractivity contribution in [2.45, 2.75) is 6.92 Å². The van der Waals surface area contributed by atoms with E-state index in [1.165, 1.54) is 0 Å². The molecule has 0 aromatic rings. The summed E-state index contributed by atoms with van der Waals surface area (Å²) in [5, 5.41) is 1.84. The van der Waals surface area contributed by atoms with E-state index in [0.717, 1.165) is 6.54 Å². The highest BCUT2D eigenvalue weighted by atomic mass is 15.9. The first-order valence-electron chi connectivity index (χ1n) is 3.23. The number of rotatable bonds is 7. The monoisotopic (exact) mass is 164 g/mol. The zero-order valence-corrected chi connectivity index (χ0v) is 6.73. The summed E-state index contributed by atoms with van der Waals surface area (Å²) in [6.07, 6.45) is 0. The fourth-order valence-corrected chi connectivity index (χ4v) is 0.301. The Labute approximate surface area is 65.7 Å². The van der Waals surface area contributed by atoms with E-state index in [0.29, 0.717) is 0 Å². The highest BCUT2D eigenvalue weighted by Gasteiger charge is 1.87. The number of nitrogens with one attached hydrogen (secondary N) is 6. The summed E-state index contributed by atoms with van der Waals surface area (Å²) in [5.41, 5.74) is 15.0. The largest absolute Gasteiger partial charge is 0.257 e. The highest BCUT2D eigenvalue weighted by molar-refractivity contribution is 4.28. The van der Waals surface area contributed by atoms with Gasteiger partial charge in [0.15, 0.2) is 0 Å². The molecule has 0 aliphatic carbocycles. The van der Waals surface area contributed by atoms with E-state index in [-0.39, 0.29) is 0 Å². The van der Waals surface area contributed by atoms with Gasteiger partial charge >= 0.3 is 0 Å². The summed E-state index contributed by atoms with van der Waals surface area (Å²) < 4.78 is 0. The molecule has 0 aliphatic heterocycles. The van der Waals surface area contributed by atoms with E-state index in [2.05, 4.69) is 33.2 Å². The molecule has 0 aliphatic rings. The van der Waals surface area contributed by atoms with E-state index in [9.17, 15) is 0 Å². The molecule has 0 aromatic heterocycles. The minimum Gasteiger partial charge on any atom is -0.257 e. The predicted octanol–water partition coefficient (Wildman–Crippen LogP) is -3.16. The van der Waals surface area contributed by atoms with Crippen LogP contribution in [0.3, 0.4) is 0 Å². The Hall–Kier alpha value is -0.320. The smallest absolute Gasteiger partial charge is 0.0113 e. The van der Waals surface area contributed by atoms with Gasteiger partial charge < -0.3 is 0 Å². The molecule has 8 heteroatoms. The molecule has 68 valence electrons. The van der Waals surface area contributed by atoms with Crippen molar-refractivity contribution >= 4 is 0 Å². The van der Waals surface area contributed by atoms with Gasteiger partial charge in [-0.05, 0) is 0 Å². The van der Waals surface area contributed by atoms with Crippen LogP contribution in [0.25, 0.3) is 0 Å². The summed E-state index contributed by atoms with van der Waals surface area (Å²) in [6, 6.07) is 0. The molecule has 0 atom stereocenters. The van der Waals surface area contributed by atoms with E-state index < -0.39 is 0 Å². The Balaban J connectivity index is 2.89. The van der Waals surface area contributed by atoms with E-state index >= 15 is 0 Å². The topological polar surface area (TPSA) is 101 Å². The third-order valence-electron chi connectivity index (χ3n) is 0.981. The standard InChI is InChI=1S/C3H16N8/c1-3-11(2)10-9-8-7-6-5-4/h5-10H,3-4H2,1-2H3. The third-order valence-corrected chi connectivity index (χ3v) is 0.981. The van der Waals surface area contributed by atoms with Crippen molar-refractivity contribution in [3.63, 3.8) is 0 Å². The van der Waals surface area contributed by atoms with Crippen LogP contribution in [0.5, 0.6) is 0 Å². The van der Waals surface area contributed by atoms with Crippen LogP contribution in [-0.4, -0.2) is 18.6 Å². The summed E-state index contributed by atoms with van der Waals surface area (Å²) in [7, 11) is 1.89. The third kappa shape index (κ3) is 7.58.